The predicted molar refractivity (Wildman–Crippen MR) is 41.3 cm³/mol. The van der Waals surface area contributed by atoms with Crippen LogP contribution in [0.2, 0.25) is 0 Å². The van der Waals surface area contributed by atoms with Crippen molar-refractivity contribution < 1.29 is 0 Å². The number of aromatic nitrogens is 2. The van der Waals surface area contributed by atoms with E-state index in [9.17, 15) is 0 Å². The first-order chi connectivity index (χ1) is 4.74. The fraction of sp³-hybridized carbons (Fsp3) is 0.143. The standard InChI is InChI=1S/C7H9N3/c1-3-6-4-9-5(2)7(8)10-6/h3-4H,1H2,2H3,(H2,8,10). The Labute approximate surface area is 59.6 Å². The minimum absolute atomic E-state index is 0.470. The fourth-order valence-corrected chi connectivity index (χ4v) is 0.576. The third-order valence-electron chi connectivity index (χ3n) is 1.22. The molecule has 2 N–H and O–H groups in total. The van der Waals surface area contributed by atoms with E-state index in [1.54, 1.807) is 12.3 Å². The Morgan fingerprint density at radius 2 is 2.40 bits per heavy atom. The number of rotatable bonds is 1. The summed E-state index contributed by atoms with van der Waals surface area (Å²) in [5.41, 5.74) is 6.94. The lowest BCUT2D eigenvalue weighted by atomic mass is 10.4. The molecule has 10 heavy (non-hydrogen) atoms. The van der Waals surface area contributed by atoms with Crippen molar-refractivity contribution in [1.82, 2.24) is 9.97 Å². The Morgan fingerprint density at radius 1 is 1.70 bits per heavy atom. The molecule has 0 saturated heterocycles. The summed E-state index contributed by atoms with van der Waals surface area (Å²) < 4.78 is 0. The molecule has 3 nitrogen and oxygen atoms in total. The van der Waals surface area contributed by atoms with E-state index < -0.39 is 0 Å². The zero-order chi connectivity index (χ0) is 7.56. The molecule has 0 spiro atoms. The summed E-state index contributed by atoms with van der Waals surface area (Å²) in [6.07, 6.45) is 3.25. The van der Waals surface area contributed by atoms with Crippen molar-refractivity contribution in [2.45, 2.75) is 6.92 Å². The van der Waals surface area contributed by atoms with Gasteiger partial charge in [-0.15, -0.1) is 0 Å². The van der Waals surface area contributed by atoms with Crippen molar-refractivity contribution in [3.63, 3.8) is 0 Å². The van der Waals surface area contributed by atoms with Crippen LogP contribution in [-0.2, 0) is 0 Å². The van der Waals surface area contributed by atoms with E-state index in [0.717, 1.165) is 5.69 Å². The molecule has 3 heteroatoms. The summed E-state index contributed by atoms with van der Waals surface area (Å²) in [6, 6.07) is 0. The molecule has 1 aromatic heterocycles. The van der Waals surface area contributed by atoms with E-state index >= 15 is 0 Å². The molecule has 1 aromatic rings. The average Bonchev–Trinajstić information content (AvgIpc) is 1.95. The quantitative estimate of drug-likeness (QED) is 0.625. The maximum Gasteiger partial charge on any atom is 0.145 e. The van der Waals surface area contributed by atoms with Crippen LogP contribution < -0.4 is 5.73 Å². The van der Waals surface area contributed by atoms with Gasteiger partial charge in [0.25, 0.3) is 0 Å². The number of hydrogen-bond donors (Lipinski definition) is 1. The zero-order valence-corrected chi connectivity index (χ0v) is 5.83. The Bertz CT molecular complexity index is 255. The van der Waals surface area contributed by atoms with Crippen molar-refractivity contribution in [2.24, 2.45) is 0 Å². The van der Waals surface area contributed by atoms with Gasteiger partial charge in [-0.25, -0.2) is 4.98 Å². The van der Waals surface area contributed by atoms with Gasteiger partial charge in [-0.05, 0) is 13.0 Å². The van der Waals surface area contributed by atoms with Crippen LogP contribution in [0, 0.1) is 6.92 Å². The van der Waals surface area contributed by atoms with Gasteiger partial charge < -0.3 is 5.73 Å². The number of aryl methyl sites for hydroxylation is 1. The number of nitrogens with zero attached hydrogens (tertiary/aromatic N) is 2. The van der Waals surface area contributed by atoms with E-state index in [1.807, 2.05) is 6.92 Å². The molecule has 0 radical (unpaired) electrons. The highest BCUT2D eigenvalue weighted by Gasteiger charge is 1.94. The minimum atomic E-state index is 0.470. The summed E-state index contributed by atoms with van der Waals surface area (Å²) in [5.74, 6) is 0.470. The lowest BCUT2D eigenvalue weighted by Crippen LogP contribution is -1.97. The highest BCUT2D eigenvalue weighted by Crippen LogP contribution is 2.03. The molecule has 0 aliphatic rings. The first kappa shape index (κ1) is 6.74. The molecule has 0 aromatic carbocycles. The Morgan fingerprint density at radius 3 is 2.90 bits per heavy atom. The van der Waals surface area contributed by atoms with Crippen molar-refractivity contribution in [1.29, 1.82) is 0 Å². The molecular formula is C7H9N3. The monoisotopic (exact) mass is 135 g/mol. The first-order valence-electron chi connectivity index (χ1n) is 2.95. The van der Waals surface area contributed by atoms with Gasteiger partial charge in [0.2, 0.25) is 0 Å². The molecule has 0 aliphatic carbocycles. The maximum absolute atomic E-state index is 5.47. The highest BCUT2D eigenvalue weighted by molar-refractivity contribution is 5.45. The van der Waals surface area contributed by atoms with Crippen LogP contribution in [0.5, 0.6) is 0 Å². The summed E-state index contributed by atoms with van der Waals surface area (Å²) >= 11 is 0. The summed E-state index contributed by atoms with van der Waals surface area (Å²) in [5, 5.41) is 0. The second-order valence-electron chi connectivity index (χ2n) is 1.97. The number of hydrogen-bond acceptors (Lipinski definition) is 3. The zero-order valence-electron chi connectivity index (χ0n) is 5.83. The predicted octanol–water partition coefficient (Wildman–Crippen LogP) is 1.01. The summed E-state index contributed by atoms with van der Waals surface area (Å²) in [6.45, 7) is 5.36. The van der Waals surface area contributed by atoms with E-state index in [4.69, 9.17) is 5.73 Å². The van der Waals surface area contributed by atoms with Gasteiger partial charge in [0.1, 0.15) is 5.82 Å². The van der Waals surface area contributed by atoms with Crippen LogP contribution in [0.15, 0.2) is 12.8 Å². The van der Waals surface area contributed by atoms with Crippen molar-refractivity contribution in [3.8, 4) is 0 Å². The maximum atomic E-state index is 5.47. The Balaban J connectivity index is 3.16. The molecule has 0 atom stereocenters. The smallest absolute Gasteiger partial charge is 0.145 e. The number of nitrogen functional groups attached to an aromatic ring is 1. The van der Waals surface area contributed by atoms with Crippen LogP contribution in [-0.4, -0.2) is 9.97 Å². The van der Waals surface area contributed by atoms with Gasteiger partial charge in [-0.3, -0.25) is 4.98 Å². The second kappa shape index (κ2) is 2.47. The molecule has 0 bridgehead atoms. The van der Waals surface area contributed by atoms with Gasteiger partial charge in [-0.2, -0.15) is 0 Å². The van der Waals surface area contributed by atoms with Crippen LogP contribution >= 0.6 is 0 Å². The Hall–Kier alpha value is -1.38. The highest BCUT2D eigenvalue weighted by atomic mass is 14.9. The van der Waals surface area contributed by atoms with Gasteiger partial charge in [0.15, 0.2) is 0 Å². The van der Waals surface area contributed by atoms with Crippen molar-refractivity contribution in [2.75, 3.05) is 5.73 Å². The molecule has 0 saturated carbocycles. The third kappa shape index (κ3) is 1.13. The third-order valence-corrected chi connectivity index (χ3v) is 1.22. The molecule has 0 fully saturated rings. The van der Waals surface area contributed by atoms with Gasteiger partial charge in [0, 0.05) is 0 Å². The first-order valence-corrected chi connectivity index (χ1v) is 2.95. The van der Waals surface area contributed by atoms with Crippen LogP contribution in [0.25, 0.3) is 6.08 Å². The van der Waals surface area contributed by atoms with E-state index in [0.29, 0.717) is 11.5 Å². The molecule has 1 heterocycles. The number of nitrogens with two attached hydrogens (primary N) is 1. The lowest BCUT2D eigenvalue weighted by Gasteiger charge is -1.97. The number of anilines is 1. The SMILES string of the molecule is C=Cc1cnc(C)c(N)n1. The summed E-state index contributed by atoms with van der Waals surface area (Å²) in [4.78, 5) is 7.98. The lowest BCUT2D eigenvalue weighted by molar-refractivity contribution is 1.12. The van der Waals surface area contributed by atoms with Crippen molar-refractivity contribution >= 4 is 11.9 Å². The van der Waals surface area contributed by atoms with Gasteiger partial charge in [-0.1, -0.05) is 6.58 Å². The minimum Gasteiger partial charge on any atom is -0.382 e. The molecule has 0 unspecified atom stereocenters. The molecule has 0 aliphatic heterocycles. The normalized spacial score (nSPS) is 9.30. The van der Waals surface area contributed by atoms with E-state index in [2.05, 4.69) is 16.5 Å². The van der Waals surface area contributed by atoms with Gasteiger partial charge in [0.05, 0.1) is 17.6 Å². The molecule has 52 valence electrons. The topological polar surface area (TPSA) is 51.8 Å². The Kier molecular flexibility index (Phi) is 1.67. The van der Waals surface area contributed by atoms with Crippen LogP contribution in [0.3, 0.4) is 0 Å². The van der Waals surface area contributed by atoms with E-state index in [1.165, 1.54) is 0 Å². The molecule has 1 rings (SSSR count). The van der Waals surface area contributed by atoms with E-state index in [-0.39, 0.29) is 0 Å². The van der Waals surface area contributed by atoms with Gasteiger partial charge >= 0.3 is 0 Å². The van der Waals surface area contributed by atoms with Crippen LogP contribution in [0.1, 0.15) is 11.4 Å². The van der Waals surface area contributed by atoms with Crippen molar-refractivity contribution in [3.05, 3.63) is 24.2 Å². The van der Waals surface area contributed by atoms with Crippen LogP contribution in [0.4, 0.5) is 5.82 Å². The molecular weight excluding hydrogens is 126 g/mol. The fourth-order valence-electron chi connectivity index (χ4n) is 0.576. The average molecular weight is 135 g/mol. The second-order valence-corrected chi connectivity index (χ2v) is 1.97. The largest absolute Gasteiger partial charge is 0.382 e. The molecule has 0 amide bonds. The summed E-state index contributed by atoms with van der Waals surface area (Å²) in [7, 11) is 0.